The first kappa shape index (κ1) is 18.3. The SMILES string of the molecule is COc1ccc2oc(C(=O)Nc3nc(C)c(SCC(N)=O)s3)c(C)c2c1. The van der Waals surface area contributed by atoms with E-state index in [-0.39, 0.29) is 17.4 Å². The molecule has 26 heavy (non-hydrogen) atoms. The second-order valence-corrected chi connectivity index (χ2v) is 7.76. The predicted molar refractivity (Wildman–Crippen MR) is 102 cm³/mol. The lowest BCUT2D eigenvalue weighted by atomic mass is 10.1. The highest BCUT2D eigenvalue weighted by Gasteiger charge is 2.20. The van der Waals surface area contributed by atoms with Gasteiger partial charge in [-0.25, -0.2) is 4.98 Å². The maximum absolute atomic E-state index is 12.6. The van der Waals surface area contributed by atoms with Crippen LogP contribution in [0.3, 0.4) is 0 Å². The Hall–Kier alpha value is -2.52. The van der Waals surface area contributed by atoms with Crippen molar-refractivity contribution in [2.24, 2.45) is 5.73 Å². The van der Waals surface area contributed by atoms with Crippen molar-refractivity contribution in [3.63, 3.8) is 0 Å². The van der Waals surface area contributed by atoms with E-state index in [1.165, 1.54) is 23.1 Å². The van der Waals surface area contributed by atoms with Crippen molar-refractivity contribution in [1.82, 2.24) is 4.98 Å². The van der Waals surface area contributed by atoms with Gasteiger partial charge >= 0.3 is 0 Å². The number of aryl methyl sites for hydroxylation is 2. The normalized spacial score (nSPS) is 10.9. The first-order chi connectivity index (χ1) is 12.4. The zero-order valence-corrected chi connectivity index (χ0v) is 16.0. The van der Waals surface area contributed by atoms with Crippen molar-refractivity contribution >= 4 is 51.0 Å². The summed E-state index contributed by atoms with van der Waals surface area (Å²) < 4.78 is 11.7. The number of benzene rings is 1. The summed E-state index contributed by atoms with van der Waals surface area (Å²) in [6.07, 6.45) is 0. The second kappa shape index (κ2) is 7.38. The highest BCUT2D eigenvalue weighted by Crippen LogP contribution is 2.33. The second-order valence-electron chi connectivity index (χ2n) is 5.52. The van der Waals surface area contributed by atoms with E-state index >= 15 is 0 Å². The van der Waals surface area contributed by atoms with E-state index < -0.39 is 5.91 Å². The molecule has 0 spiro atoms. The smallest absolute Gasteiger partial charge is 0.293 e. The molecule has 136 valence electrons. The van der Waals surface area contributed by atoms with Gasteiger partial charge in [0, 0.05) is 10.9 Å². The van der Waals surface area contributed by atoms with Gasteiger partial charge in [-0.15, -0.1) is 11.8 Å². The Balaban J connectivity index is 1.82. The molecule has 3 N–H and O–H groups in total. The fourth-order valence-electron chi connectivity index (χ4n) is 2.40. The third-order valence-corrected chi connectivity index (χ3v) is 6.13. The number of fused-ring (bicyclic) bond motifs is 1. The summed E-state index contributed by atoms with van der Waals surface area (Å²) in [4.78, 5) is 27.8. The Morgan fingerprint density at radius 2 is 2.15 bits per heavy atom. The van der Waals surface area contributed by atoms with Crippen LogP contribution in [0.25, 0.3) is 11.0 Å². The summed E-state index contributed by atoms with van der Waals surface area (Å²) in [5.41, 5.74) is 7.24. The van der Waals surface area contributed by atoms with Crippen LogP contribution in [0.15, 0.2) is 26.8 Å². The lowest BCUT2D eigenvalue weighted by molar-refractivity contribution is -0.115. The highest BCUT2D eigenvalue weighted by molar-refractivity contribution is 8.01. The van der Waals surface area contributed by atoms with E-state index in [2.05, 4.69) is 10.3 Å². The topological polar surface area (TPSA) is 107 Å². The minimum atomic E-state index is -0.401. The summed E-state index contributed by atoms with van der Waals surface area (Å²) >= 11 is 2.60. The lowest BCUT2D eigenvalue weighted by Crippen LogP contribution is -2.12. The van der Waals surface area contributed by atoms with E-state index in [0.29, 0.717) is 16.5 Å². The van der Waals surface area contributed by atoms with Gasteiger partial charge in [-0.1, -0.05) is 11.3 Å². The van der Waals surface area contributed by atoms with Gasteiger partial charge in [-0.2, -0.15) is 0 Å². The van der Waals surface area contributed by atoms with Gasteiger partial charge in [0.1, 0.15) is 11.3 Å². The van der Waals surface area contributed by atoms with Crippen LogP contribution in [0.5, 0.6) is 5.75 Å². The van der Waals surface area contributed by atoms with E-state index in [4.69, 9.17) is 14.9 Å². The molecule has 7 nitrogen and oxygen atoms in total. The van der Waals surface area contributed by atoms with Gasteiger partial charge in [0.05, 0.1) is 22.8 Å². The van der Waals surface area contributed by atoms with Gasteiger partial charge in [0.15, 0.2) is 10.9 Å². The highest BCUT2D eigenvalue weighted by atomic mass is 32.2. The Morgan fingerprint density at radius 1 is 1.38 bits per heavy atom. The van der Waals surface area contributed by atoms with Crippen LogP contribution in [0.4, 0.5) is 5.13 Å². The molecule has 2 aromatic heterocycles. The molecule has 3 aromatic rings. The monoisotopic (exact) mass is 391 g/mol. The molecule has 2 amide bonds. The fraction of sp³-hybridized carbons (Fsp3) is 0.235. The minimum absolute atomic E-state index is 0.168. The first-order valence-corrected chi connectivity index (χ1v) is 9.46. The zero-order valence-electron chi connectivity index (χ0n) is 14.4. The molecule has 0 radical (unpaired) electrons. The van der Waals surface area contributed by atoms with Crippen molar-refractivity contribution in [3.05, 3.63) is 35.2 Å². The zero-order chi connectivity index (χ0) is 18.8. The van der Waals surface area contributed by atoms with Crippen LogP contribution in [-0.2, 0) is 4.79 Å². The average Bonchev–Trinajstić information content (AvgIpc) is 3.12. The molecule has 3 rings (SSSR count). The number of amides is 2. The molecule has 9 heteroatoms. The molecule has 0 aliphatic heterocycles. The molecule has 0 aliphatic rings. The van der Waals surface area contributed by atoms with Crippen molar-refractivity contribution in [1.29, 1.82) is 0 Å². The van der Waals surface area contributed by atoms with Crippen LogP contribution in [0, 0.1) is 13.8 Å². The van der Waals surface area contributed by atoms with Crippen LogP contribution in [0.1, 0.15) is 21.8 Å². The van der Waals surface area contributed by atoms with Crippen LogP contribution >= 0.6 is 23.1 Å². The maximum Gasteiger partial charge on any atom is 0.293 e. The number of rotatable bonds is 6. The Bertz CT molecular complexity index is 993. The summed E-state index contributed by atoms with van der Waals surface area (Å²) in [6.45, 7) is 3.63. The Kier molecular flexibility index (Phi) is 5.19. The van der Waals surface area contributed by atoms with E-state index in [1.54, 1.807) is 19.2 Å². The molecule has 0 bridgehead atoms. The molecule has 0 fully saturated rings. The number of carbonyl (C=O) groups is 2. The molecule has 2 heterocycles. The third-order valence-electron chi connectivity index (χ3n) is 3.67. The van der Waals surface area contributed by atoms with Gasteiger partial charge in [0.25, 0.3) is 5.91 Å². The molecule has 0 aliphatic carbocycles. The predicted octanol–water partition coefficient (Wildman–Crippen LogP) is 3.34. The Labute approximate surface area is 157 Å². The number of furan rings is 1. The third kappa shape index (κ3) is 3.68. The van der Waals surface area contributed by atoms with Crippen LogP contribution in [0.2, 0.25) is 0 Å². The van der Waals surface area contributed by atoms with Crippen LogP contribution < -0.4 is 15.8 Å². The summed E-state index contributed by atoms with van der Waals surface area (Å²) in [5, 5.41) is 4.01. The van der Waals surface area contributed by atoms with Gasteiger partial charge in [0.2, 0.25) is 5.91 Å². The molecular weight excluding hydrogens is 374 g/mol. The van der Waals surface area contributed by atoms with E-state index in [1.807, 2.05) is 19.9 Å². The molecule has 0 saturated heterocycles. The number of hydrogen-bond acceptors (Lipinski definition) is 7. The average molecular weight is 391 g/mol. The number of aromatic nitrogens is 1. The van der Waals surface area contributed by atoms with Crippen molar-refractivity contribution in [2.75, 3.05) is 18.2 Å². The van der Waals surface area contributed by atoms with Crippen LogP contribution in [-0.4, -0.2) is 29.7 Å². The number of anilines is 1. The van der Waals surface area contributed by atoms with Crippen molar-refractivity contribution < 1.29 is 18.7 Å². The number of hydrogen-bond donors (Lipinski definition) is 2. The number of thiazole rings is 1. The minimum Gasteiger partial charge on any atom is -0.497 e. The Morgan fingerprint density at radius 3 is 2.85 bits per heavy atom. The largest absolute Gasteiger partial charge is 0.497 e. The number of thioether (sulfide) groups is 1. The van der Waals surface area contributed by atoms with Gasteiger partial charge < -0.3 is 14.9 Å². The number of ether oxygens (including phenoxy) is 1. The summed E-state index contributed by atoms with van der Waals surface area (Å²) in [6, 6.07) is 5.38. The maximum atomic E-state index is 12.6. The lowest BCUT2D eigenvalue weighted by Gasteiger charge is -1.99. The summed E-state index contributed by atoms with van der Waals surface area (Å²) in [5.74, 6) is 0.313. The van der Waals surface area contributed by atoms with E-state index in [0.717, 1.165) is 20.9 Å². The summed E-state index contributed by atoms with van der Waals surface area (Å²) in [7, 11) is 1.59. The number of primary amides is 1. The number of carbonyl (C=O) groups excluding carboxylic acids is 2. The first-order valence-electron chi connectivity index (χ1n) is 7.66. The van der Waals surface area contributed by atoms with Crippen molar-refractivity contribution in [3.8, 4) is 5.75 Å². The molecule has 1 aromatic carbocycles. The van der Waals surface area contributed by atoms with Crippen molar-refractivity contribution in [2.45, 2.75) is 18.1 Å². The van der Waals surface area contributed by atoms with Gasteiger partial charge in [-0.05, 0) is 32.0 Å². The number of methoxy groups -OCH3 is 1. The molecule has 0 atom stereocenters. The number of nitrogens with one attached hydrogen (secondary N) is 1. The fourth-order valence-corrected chi connectivity index (χ4v) is 4.28. The molecule has 0 saturated carbocycles. The van der Waals surface area contributed by atoms with Gasteiger partial charge in [-0.3, -0.25) is 14.9 Å². The standard InChI is InChI=1S/C17H17N3O4S2/c1-8-11-6-10(23-3)4-5-12(11)24-14(8)15(22)20-17-19-9(2)16(26-17)25-7-13(18)21/h4-6H,7H2,1-3H3,(H2,18,21)(H,19,20,22). The number of nitrogens with two attached hydrogens (primary N) is 1. The quantitative estimate of drug-likeness (QED) is 0.624. The molecular formula is C17H17N3O4S2. The molecule has 0 unspecified atom stereocenters. The van der Waals surface area contributed by atoms with E-state index in [9.17, 15) is 9.59 Å². The number of nitrogens with zero attached hydrogens (tertiary/aromatic N) is 1.